The molecule has 4 heteroatoms. The van der Waals surface area contributed by atoms with Crippen LogP contribution in [0.25, 0.3) is 0 Å². The predicted octanol–water partition coefficient (Wildman–Crippen LogP) is 4.76. The maximum absolute atomic E-state index is 5.70. The summed E-state index contributed by atoms with van der Waals surface area (Å²) < 4.78 is 0. The quantitative estimate of drug-likeness (QED) is 0.601. The lowest BCUT2D eigenvalue weighted by molar-refractivity contribution is 0.517. The molecular formula is C6H11Cl2PS. The fraction of sp³-hybridized carbons (Fsp3) is 1.00. The van der Waals surface area contributed by atoms with Gasteiger partial charge in [0.1, 0.15) is 5.83 Å². The third-order valence-electron chi connectivity index (χ3n) is 1.78. The van der Waals surface area contributed by atoms with Crippen molar-refractivity contribution in [1.29, 1.82) is 0 Å². The van der Waals surface area contributed by atoms with Gasteiger partial charge in [-0.25, -0.2) is 0 Å². The number of hydrogen-bond donors (Lipinski definition) is 0. The van der Waals surface area contributed by atoms with Crippen LogP contribution in [0.15, 0.2) is 0 Å². The Balaban J connectivity index is 2.13. The molecule has 0 N–H and O–H groups in total. The van der Waals surface area contributed by atoms with Crippen LogP contribution in [0.2, 0.25) is 0 Å². The van der Waals surface area contributed by atoms with Gasteiger partial charge in [0.25, 0.3) is 0 Å². The molecule has 0 amide bonds. The second-order valence-corrected chi connectivity index (χ2v) is 9.33. The number of halogens is 2. The summed E-state index contributed by atoms with van der Waals surface area (Å²) >= 11 is 13.2. The van der Waals surface area contributed by atoms with Crippen molar-refractivity contribution < 1.29 is 0 Å². The molecule has 60 valence electrons. The molecule has 0 aromatic rings. The van der Waals surface area contributed by atoms with Gasteiger partial charge in [-0.15, -0.1) is 0 Å². The Morgan fingerprint density at radius 2 is 1.70 bits per heavy atom. The van der Waals surface area contributed by atoms with Crippen LogP contribution in [0.3, 0.4) is 0 Å². The second-order valence-electron chi connectivity index (χ2n) is 2.57. The summed E-state index contributed by atoms with van der Waals surface area (Å²) in [5.74, 6) is -0.762. The van der Waals surface area contributed by atoms with Gasteiger partial charge in [-0.05, 0) is 12.8 Å². The minimum Gasteiger partial charge on any atom is -0.0988 e. The van der Waals surface area contributed by atoms with Gasteiger partial charge in [0.05, 0.1) is 0 Å². The van der Waals surface area contributed by atoms with Gasteiger partial charge in [0.15, 0.2) is 0 Å². The molecule has 0 aliphatic heterocycles. The van der Waals surface area contributed by atoms with Crippen molar-refractivity contribution in [2.75, 3.05) is 0 Å². The summed E-state index contributed by atoms with van der Waals surface area (Å²) in [5.41, 5.74) is 0. The van der Waals surface area contributed by atoms with E-state index in [0.717, 1.165) is 5.25 Å². The van der Waals surface area contributed by atoms with E-state index in [4.69, 9.17) is 22.5 Å². The first kappa shape index (κ1) is 9.45. The molecule has 0 unspecified atom stereocenters. The topological polar surface area (TPSA) is 0 Å². The van der Waals surface area contributed by atoms with Crippen LogP contribution >= 0.6 is 39.7 Å². The molecule has 0 radical (unpaired) electrons. The molecule has 1 aliphatic carbocycles. The van der Waals surface area contributed by atoms with Crippen molar-refractivity contribution in [3.05, 3.63) is 0 Å². The van der Waals surface area contributed by atoms with E-state index < -0.39 is 5.83 Å². The molecular weight excluding hydrogens is 206 g/mol. The van der Waals surface area contributed by atoms with E-state index in [0.29, 0.717) is 0 Å². The third kappa shape index (κ3) is 3.67. The summed E-state index contributed by atoms with van der Waals surface area (Å²) in [7, 11) is 0. The van der Waals surface area contributed by atoms with Gasteiger partial charge in [-0.1, -0.05) is 53.1 Å². The van der Waals surface area contributed by atoms with Crippen LogP contribution in [0, 0.1) is 0 Å². The Hall–Kier alpha value is 1.36. The van der Waals surface area contributed by atoms with Crippen LogP contribution in [-0.4, -0.2) is 5.25 Å². The number of rotatable bonds is 2. The SMILES string of the molecule is ClP(Cl)SC1CCCCC1. The highest BCUT2D eigenvalue weighted by Gasteiger charge is 2.16. The van der Waals surface area contributed by atoms with Gasteiger partial charge >= 0.3 is 0 Å². The van der Waals surface area contributed by atoms with Crippen molar-refractivity contribution in [3.63, 3.8) is 0 Å². The molecule has 10 heavy (non-hydrogen) atoms. The van der Waals surface area contributed by atoms with E-state index in [-0.39, 0.29) is 0 Å². The minimum absolute atomic E-state index is 0.759. The summed E-state index contributed by atoms with van der Waals surface area (Å²) in [5, 5.41) is 0.759. The molecule has 0 heterocycles. The Bertz CT molecular complexity index is 93.7. The predicted molar refractivity (Wildman–Crippen MR) is 53.1 cm³/mol. The highest BCUT2D eigenvalue weighted by atomic mass is 35.9. The summed E-state index contributed by atoms with van der Waals surface area (Å²) in [6.45, 7) is 0. The van der Waals surface area contributed by atoms with Crippen molar-refractivity contribution in [2.45, 2.75) is 37.4 Å². The molecule has 0 bridgehead atoms. The van der Waals surface area contributed by atoms with Gasteiger partial charge in [-0.2, -0.15) is 0 Å². The van der Waals surface area contributed by atoms with Crippen LogP contribution < -0.4 is 0 Å². The van der Waals surface area contributed by atoms with Crippen molar-refractivity contribution in [1.82, 2.24) is 0 Å². The van der Waals surface area contributed by atoms with Crippen LogP contribution in [0.5, 0.6) is 0 Å². The smallest absolute Gasteiger partial charge is 0.0988 e. The zero-order valence-corrected chi connectivity index (χ0v) is 8.95. The van der Waals surface area contributed by atoms with E-state index >= 15 is 0 Å². The lowest BCUT2D eigenvalue weighted by Crippen LogP contribution is -2.05. The Kier molecular flexibility index (Phi) is 4.80. The first-order chi connectivity index (χ1) is 4.79. The summed E-state index contributed by atoms with van der Waals surface area (Å²) in [6, 6.07) is 0. The molecule has 0 aromatic carbocycles. The molecule has 1 rings (SSSR count). The molecule has 0 spiro atoms. The zero-order valence-electron chi connectivity index (χ0n) is 5.72. The Morgan fingerprint density at radius 3 is 2.20 bits per heavy atom. The van der Waals surface area contributed by atoms with E-state index in [2.05, 4.69) is 0 Å². The molecule has 1 aliphatic rings. The molecule has 0 atom stereocenters. The molecule has 0 nitrogen and oxygen atoms in total. The van der Waals surface area contributed by atoms with Gasteiger partial charge in [0.2, 0.25) is 0 Å². The maximum atomic E-state index is 5.70. The average molecular weight is 217 g/mol. The molecule has 1 saturated carbocycles. The van der Waals surface area contributed by atoms with E-state index in [1.807, 2.05) is 0 Å². The van der Waals surface area contributed by atoms with Gasteiger partial charge in [0, 0.05) is 5.25 Å². The molecule has 1 fully saturated rings. The van der Waals surface area contributed by atoms with Crippen LogP contribution in [0.4, 0.5) is 0 Å². The Labute approximate surface area is 77.1 Å². The van der Waals surface area contributed by atoms with Crippen LogP contribution in [-0.2, 0) is 0 Å². The Morgan fingerprint density at radius 1 is 1.10 bits per heavy atom. The molecule has 0 saturated heterocycles. The average Bonchev–Trinajstić information content (AvgIpc) is 1.88. The summed E-state index contributed by atoms with van der Waals surface area (Å²) in [6.07, 6.45) is 6.79. The van der Waals surface area contributed by atoms with Crippen molar-refractivity contribution >= 4 is 39.7 Å². The monoisotopic (exact) mass is 216 g/mol. The van der Waals surface area contributed by atoms with Gasteiger partial charge < -0.3 is 0 Å². The standard InChI is InChI=1S/C6H11Cl2PS/c7-9(8)10-6-4-2-1-3-5-6/h6H,1-5H2. The van der Waals surface area contributed by atoms with E-state index in [9.17, 15) is 0 Å². The lowest BCUT2D eigenvalue weighted by Gasteiger charge is -2.20. The maximum Gasteiger partial charge on any atom is 0.145 e. The largest absolute Gasteiger partial charge is 0.145 e. The van der Waals surface area contributed by atoms with Crippen LogP contribution in [0.1, 0.15) is 32.1 Å². The normalized spacial score (nSPS) is 21.9. The van der Waals surface area contributed by atoms with Crippen molar-refractivity contribution in [3.8, 4) is 0 Å². The highest BCUT2D eigenvalue weighted by molar-refractivity contribution is 8.70. The highest BCUT2D eigenvalue weighted by Crippen LogP contribution is 2.62. The fourth-order valence-corrected chi connectivity index (χ4v) is 5.39. The number of hydrogen-bond acceptors (Lipinski definition) is 1. The molecule has 0 aromatic heterocycles. The first-order valence-electron chi connectivity index (χ1n) is 3.57. The lowest BCUT2D eigenvalue weighted by atomic mass is 10.0. The van der Waals surface area contributed by atoms with Gasteiger partial charge in [-0.3, -0.25) is 0 Å². The third-order valence-corrected chi connectivity index (χ3v) is 5.52. The minimum atomic E-state index is -0.762. The second kappa shape index (κ2) is 5.09. The van der Waals surface area contributed by atoms with Crippen molar-refractivity contribution in [2.24, 2.45) is 0 Å². The zero-order chi connectivity index (χ0) is 7.40. The summed E-state index contributed by atoms with van der Waals surface area (Å²) in [4.78, 5) is 0. The first-order valence-corrected chi connectivity index (χ1v) is 8.21. The van der Waals surface area contributed by atoms with E-state index in [1.165, 1.54) is 32.1 Å². The fourth-order valence-electron chi connectivity index (χ4n) is 1.28. The van der Waals surface area contributed by atoms with E-state index in [1.54, 1.807) is 11.4 Å².